The Morgan fingerprint density at radius 1 is 1.39 bits per heavy atom. The molecule has 0 bridgehead atoms. The van der Waals surface area contributed by atoms with E-state index in [9.17, 15) is 14.1 Å². The molecule has 0 saturated heterocycles. The van der Waals surface area contributed by atoms with Gasteiger partial charge in [0.05, 0.1) is 0 Å². The van der Waals surface area contributed by atoms with Crippen LogP contribution < -0.4 is 5.73 Å². The van der Waals surface area contributed by atoms with Gasteiger partial charge >= 0.3 is 5.97 Å². The predicted molar refractivity (Wildman–Crippen MR) is 91.8 cm³/mol. The molecule has 1 aliphatic carbocycles. The average Bonchev–Trinajstić information content (AvgIpc) is 2.94. The van der Waals surface area contributed by atoms with Crippen molar-refractivity contribution in [2.24, 2.45) is 23.5 Å². The smallest absolute Gasteiger partial charge is 0.320 e. The monoisotopic (exact) mass is 348 g/mol. The number of carboxylic acid groups (broad SMARTS) is 1. The second-order valence-electron chi connectivity index (χ2n) is 6.89. The van der Waals surface area contributed by atoms with Crippen molar-refractivity contribution in [3.63, 3.8) is 0 Å². The first kappa shape index (κ1) is 20.4. The van der Waals surface area contributed by atoms with Crippen LogP contribution in [0.15, 0.2) is 0 Å². The van der Waals surface area contributed by atoms with Gasteiger partial charge in [0.15, 0.2) is 0 Å². The number of carbonyl (C=O) groups is 1. The van der Waals surface area contributed by atoms with Gasteiger partial charge in [-0.05, 0) is 49.9 Å². The number of aliphatic carboxylic acids is 1. The molecular formula is C16H32N2O4S. The number of nitrogens with one attached hydrogen (secondary N) is 1. The molecule has 6 nitrogen and oxygen atoms in total. The molecule has 2 unspecified atom stereocenters. The lowest BCUT2D eigenvalue weighted by atomic mass is 9.88. The molecule has 0 aromatic carbocycles. The molecule has 1 fully saturated rings. The molecule has 1 rings (SSSR count). The molecule has 7 heteroatoms. The van der Waals surface area contributed by atoms with Crippen LogP contribution in [0.25, 0.3) is 0 Å². The maximum atomic E-state index is 12.1. The number of carboxylic acids is 1. The van der Waals surface area contributed by atoms with E-state index in [0.29, 0.717) is 23.5 Å². The highest BCUT2D eigenvalue weighted by atomic mass is 32.2. The highest BCUT2D eigenvalue weighted by Gasteiger charge is 2.29. The summed E-state index contributed by atoms with van der Waals surface area (Å²) in [5.74, 6) is 0.902. The summed E-state index contributed by atoms with van der Waals surface area (Å²) >= 11 is 0. The molecule has 5 atom stereocenters. The van der Waals surface area contributed by atoms with E-state index < -0.39 is 21.7 Å². The Kier molecular flexibility index (Phi) is 8.50. The van der Waals surface area contributed by atoms with Crippen LogP contribution in [0.3, 0.4) is 0 Å². The standard InChI is InChI=1S/C16H32N2O4S/c1-2-13(11-19)14-6-5-12(10-14)4-3-8-23(18,22)9-7-15(17)16(20)21/h12-15,18-19H,2-11,17H2,1H3,(H,20,21)/t12-,13?,14+,15+,23?/m1/s1. The fourth-order valence-corrected chi connectivity index (χ4v) is 5.04. The van der Waals surface area contributed by atoms with Crippen LogP contribution in [0.5, 0.6) is 0 Å². The summed E-state index contributed by atoms with van der Waals surface area (Å²) in [4.78, 5) is 10.6. The van der Waals surface area contributed by atoms with Gasteiger partial charge in [0, 0.05) is 27.8 Å². The summed E-state index contributed by atoms with van der Waals surface area (Å²) < 4.78 is 20.0. The Bertz CT molecular complexity index is 463. The molecule has 0 radical (unpaired) electrons. The minimum atomic E-state index is -2.72. The zero-order valence-electron chi connectivity index (χ0n) is 14.1. The van der Waals surface area contributed by atoms with Gasteiger partial charge in [0.1, 0.15) is 6.04 Å². The van der Waals surface area contributed by atoms with E-state index in [0.717, 1.165) is 38.5 Å². The van der Waals surface area contributed by atoms with Crippen molar-refractivity contribution in [2.45, 2.75) is 57.9 Å². The van der Waals surface area contributed by atoms with Crippen LogP contribution in [0.2, 0.25) is 0 Å². The van der Waals surface area contributed by atoms with Crippen LogP contribution in [0, 0.1) is 22.5 Å². The second-order valence-corrected chi connectivity index (χ2v) is 9.33. The lowest BCUT2D eigenvalue weighted by molar-refractivity contribution is -0.138. The molecule has 0 aromatic rings. The third kappa shape index (κ3) is 7.18. The summed E-state index contributed by atoms with van der Waals surface area (Å²) in [6, 6.07) is -1.03. The number of aliphatic hydroxyl groups is 1. The summed E-state index contributed by atoms with van der Waals surface area (Å²) in [5.41, 5.74) is 5.39. The van der Waals surface area contributed by atoms with Gasteiger partial charge in [-0.15, -0.1) is 0 Å². The number of nitrogens with two attached hydrogens (primary N) is 1. The predicted octanol–water partition coefficient (Wildman–Crippen LogP) is 2.05. The first-order valence-electron chi connectivity index (χ1n) is 8.62. The highest BCUT2D eigenvalue weighted by molar-refractivity contribution is 7.92. The summed E-state index contributed by atoms with van der Waals surface area (Å²) in [7, 11) is -2.72. The minimum Gasteiger partial charge on any atom is -0.480 e. The Morgan fingerprint density at radius 3 is 2.65 bits per heavy atom. The third-order valence-electron chi connectivity index (χ3n) is 5.17. The molecule has 1 aliphatic rings. The van der Waals surface area contributed by atoms with E-state index >= 15 is 0 Å². The van der Waals surface area contributed by atoms with Crippen LogP contribution in [0.4, 0.5) is 0 Å². The molecule has 1 saturated carbocycles. The van der Waals surface area contributed by atoms with E-state index in [1.807, 2.05) is 0 Å². The van der Waals surface area contributed by atoms with Gasteiger partial charge in [0.2, 0.25) is 0 Å². The second kappa shape index (κ2) is 9.59. The fourth-order valence-electron chi connectivity index (χ4n) is 3.56. The van der Waals surface area contributed by atoms with Crippen LogP contribution >= 0.6 is 0 Å². The van der Waals surface area contributed by atoms with Gasteiger partial charge < -0.3 is 15.9 Å². The fraction of sp³-hybridized carbons (Fsp3) is 0.938. The van der Waals surface area contributed by atoms with E-state index in [-0.39, 0.29) is 18.8 Å². The Morgan fingerprint density at radius 2 is 2.09 bits per heavy atom. The Labute approximate surface area is 139 Å². The van der Waals surface area contributed by atoms with Gasteiger partial charge in [-0.25, -0.2) is 4.21 Å². The van der Waals surface area contributed by atoms with Gasteiger partial charge in [-0.3, -0.25) is 9.57 Å². The van der Waals surface area contributed by atoms with Crippen LogP contribution in [0.1, 0.15) is 51.9 Å². The third-order valence-corrected chi connectivity index (χ3v) is 7.01. The topological polar surface area (TPSA) is 124 Å². The SMILES string of the molecule is CCC(CO)[C@H]1CC[C@@H](CCCS(=N)(=O)CC[C@H](N)C(=O)O)C1. The number of hydrogen-bond acceptors (Lipinski definition) is 5. The van der Waals surface area contributed by atoms with Crippen molar-refractivity contribution >= 4 is 15.7 Å². The highest BCUT2D eigenvalue weighted by Crippen LogP contribution is 2.39. The first-order valence-corrected chi connectivity index (χ1v) is 10.5. The molecule has 0 aromatic heterocycles. The number of hydrogen-bond donors (Lipinski definition) is 4. The normalized spacial score (nSPS) is 26.6. The van der Waals surface area contributed by atoms with E-state index in [2.05, 4.69) is 6.92 Å². The summed E-state index contributed by atoms with van der Waals surface area (Å²) in [5, 5.41) is 18.1. The molecular weight excluding hydrogens is 316 g/mol. The molecule has 0 aliphatic heterocycles. The molecule has 0 spiro atoms. The lowest BCUT2D eigenvalue weighted by Gasteiger charge is -2.20. The van der Waals surface area contributed by atoms with Crippen LogP contribution in [-0.2, 0) is 14.5 Å². The summed E-state index contributed by atoms with van der Waals surface area (Å²) in [6.07, 6.45) is 6.27. The maximum absolute atomic E-state index is 12.1. The molecule has 23 heavy (non-hydrogen) atoms. The Balaban J connectivity index is 2.27. The maximum Gasteiger partial charge on any atom is 0.320 e. The van der Waals surface area contributed by atoms with Gasteiger partial charge in [-0.1, -0.05) is 19.8 Å². The first-order chi connectivity index (χ1) is 10.8. The Hall–Kier alpha value is -0.660. The van der Waals surface area contributed by atoms with E-state index in [1.54, 1.807) is 0 Å². The van der Waals surface area contributed by atoms with E-state index in [1.165, 1.54) is 0 Å². The number of rotatable bonds is 11. The van der Waals surface area contributed by atoms with Crippen molar-refractivity contribution < 1.29 is 19.2 Å². The van der Waals surface area contributed by atoms with Crippen molar-refractivity contribution in [2.75, 3.05) is 18.1 Å². The van der Waals surface area contributed by atoms with Crippen molar-refractivity contribution in [3.05, 3.63) is 0 Å². The summed E-state index contributed by atoms with van der Waals surface area (Å²) in [6.45, 7) is 2.38. The molecule has 136 valence electrons. The molecule has 0 amide bonds. The minimum absolute atomic E-state index is 0.0657. The zero-order valence-corrected chi connectivity index (χ0v) is 14.9. The average molecular weight is 349 g/mol. The van der Waals surface area contributed by atoms with Crippen molar-refractivity contribution in [1.29, 1.82) is 4.78 Å². The number of aliphatic hydroxyl groups excluding tert-OH is 1. The van der Waals surface area contributed by atoms with E-state index in [4.69, 9.17) is 15.6 Å². The van der Waals surface area contributed by atoms with Crippen LogP contribution in [-0.4, -0.2) is 44.5 Å². The van der Waals surface area contributed by atoms with Gasteiger partial charge in [0.25, 0.3) is 0 Å². The largest absolute Gasteiger partial charge is 0.480 e. The van der Waals surface area contributed by atoms with Gasteiger partial charge in [-0.2, -0.15) is 0 Å². The quantitative estimate of drug-likeness (QED) is 0.455. The zero-order chi connectivity index (χ0) is 17.5. The molecule has 5 N–H and O–H groups in total. The van der Waals surface area contributed by atoms with Crippen molar-refractivity contribution in [1.82, 2.24) is 0 Å². The van der Waals surface area contributed by atoms with Crippen molar-refractivity contribution in [3.8, 4) is 0 Å². The lowest BCUT2D eigenvalue weighted by Crippen LogP contribution is -2.32. The molecule has 0 heterocycles.